The van der Waals surface area contributed by atoms with Crippen LogP contribution in [0.2, 0.25) is 0 Å². The summed E-state index contributed by atoms with van der Waals surface area (Å²) in [7, 11) is 0. The molecule has 4 heteroatoms. The highest BCUT2D eigenvalue weighted by Crippen LogP contribution is 2.37. The lowest BCUT2D eigenvalue weighted by atomic mass is 9.87. The SMILES string of the molecule is CC(CBr)(CBr)Cc1cc(Br)cc2c1OCC2. The Bertz CT molecular complexity index is 413. The summed E-state index contributed by atoms with van der Waals surface area (Å²) in [6.07, 6.45) is 2.05. The summed E-state index contributed by atoms with van der Waals surface area (Å²) in [5, 5.41) is 1.96. The molecule has 1 heterocycles. The van der Waals surface area contributed by atoms with Gasteiger partial charge in [0.2, 0.25) is 0 Å². The van der Waals surface area contributed by atoms with Gasteiger partial charge in [0.1, 0.15) is 5.75 Å². The van der Waals surface area contributed by atoms with Crippen molar-refractivity contribution in [2.45, 2.75) is 19.8 Å². The van der Waals surface area contributed by atoms with Crippen molar-refractivity contribution in [2.24, 2.45) is 5.41 Å². The predicted molar refractivity (Wildman–Crippen MR) is 82.7 cm³/mol. The number of alkyl halides is 2. The van der Waals surface area contributed by atoms with E-state index in [1.54, 1.807) is 0 Å². The summed E-state index contributed by atoms with van der Waals surface area (Å²) >= 11 is 10.8. The van der Waals surface area contributed by atoms with Crippen molar-refractivity contribution in [2.75, 3.05) is 17.3 Å². The van der Waals surface area contributed by atoms with Crippen LogP contribution >= 0.6 is 47.8 Å². The van der Waals surface area contributed by atoms with Gasteiger partial charge in [-0.2, -0.15) is 0 Å². The first kappa shape index (κ1) is 13.9. The van der Waals surface area contributed by atoms with Crippen LogP contribution < -0.4 is 4.74 Å². The molecule has 0 radical (unpaired) electrons. The van der Waals surface area contributed by atoms with Crippen LogP contribution in [-0.4, -0.2) is 17.3 Å². The summed E-state index contributed by atoms with van der Waals surface area (Å²) in [4.78, 5) is 0. The summed E-state index contributed by atoms with van der Waals surface area (Å²) in [5.41, 5.74) is 2.87. The average molecular weight is 427 g/mol. The molecule has 0 bridgehead atoms. The van der Waals surface area contributed by atoms with Crippen LogP contribution in [0.5, 0.6) is 5.75 Å². The first-order valence-electron chi connectivity index (χ1n) is 5.64. The molecule has 2 rings (SSSR count). The van der Waals surface area contributed by atoms with Crippen LogP contribution in [-0.2, 0) is 12.8 Å². The van der Waals surface area contributed by atoms with Crippen molar-refractivity contribution in [1.29, 1.82) is 0 Å². The molecule has 0 unspecified atom stereocenters. The number of benzene rings is 1. The van der Waals surface area contributed by atoms with Crippen molar-refractivity contribution in [3.63, 3.8) is 0 Å². The Morgan fingerprint density at radius 3 is 2.65 bits per heavy atom. The van der Waals surface area contributed by atoms with Crippen LogP contribution in [0.15, 0.2) is 16.6 Å². The molecule has 94 valence electrons. The molecular formula is C13H15Br3O. The van der Waals surface area contributed by atoms with Crippen LogP contribution in [0.4, 0.5) is 0 Å². The van der Waals surface area contributed by atoms with E-state index in [0.29, 0.717) is 0 Å². The molecule has 0 aromatic heterocycles. The van der Waals surface area contributed by atoms with Gasteiger partial charge in [0.25, 0.3) is 0 Å². The van der Waals surface area contributed by atoms with E-state index in [9.17, 15) is 0 Å². The van der Waals surface area contributed by atoms with E-state index in [1.807, 2.05) is 0 Å². The molecule has 0 spiro atoms. The molecule has 1 aliphatic rings. The van der Waals surface area contributed by atoms with Gasteiger partial charge in [-0.25, -0.2) is 0 Å². The fourth-order valence-electron chi connectivity index (χ4n) is 2.07. The molecule has 0 atom stereocenters. The summed E-state index contributed by atoms with van der Waals surface area (Å²) in [6.45, 7) is 3.09. The molecule has 0 saturated carbocycles. The fraction of sp³-hybridized carbons (Fsp3) is 0.538. The summed E-state index contributed by atoms with van der Waals surface area (Å²) < 4.78 is 6.92. The van der Waals surface area contributed by atoms with E-state index in [0.717, 1.165) is 40.3 Å². The molecule has 1 aromatic carbocycles. The summed E-state index contributed by atoms with van der Waals surface area (Å²) in [5.74, 6) is 1.11. The molecule has 0 fully saturated rings. The standard InChI is InChI=1S/C13H15Br3O/c1-13(7-14,8-15)6-10-5-11(16)4-9-2-3-17-12(9)10/h4-5H,2-3,6-8H2,1H3. The number of hydrogen-bond acceptors (Lipinski definition) is 1. The third kappa shape index (κ3) is 3.07. The minimum Gasteiger partial charge on any atom is -0.493 e. The number of halogens is 3. The average Bonchev–Trinajstić information content (AvgIpc) is 2.77. The van der Waals surface area contributed by atoms with E-state index in [4.69, 9.17) is 4.74 Å². The van der Waals surface area contributed by atoms with Gasteiger partial charge in [-0.1, -0.05) is 54.7 Å². The minimum absolute atomic E-state index is 0.223. The van der Waals surface area contributed by atoms with Gasteiger partial charge in [-0.05, 0) is 35.1 Å². The highest BCUT2D eigenvalue weighted by Gasteiger charge is 2.26. The molecule has 1 aliphatic heterocycles. The Labute approximate surface area is 128 Å². The molecule has 0 saturated heterocycles. The smallest absolute Gasteiger partial charge is 0.125 e. The Morgan fingerprint density at radius 1 is 1.29 bits per heavy atom. The molecule has 17 heavy (non-hydrogen) atoms. The first-order valence-corrected chi connectivity index (χ1v) is 8.67. The predicted octanol–water partition coefficient (Wildman–Crippen LogP) is 4.72. The second kappa shape index (κ2) is 5.62. The van der Waals surface area contributed by atoms with Gasteiger partial charge in [-0.3, -0.25) is 0 Å². The Morgan fingerprint density at radius 2 is 2.00 bits per heavy atom. The van der Waals surface area contributed by atoms with Gasteiger partial charge in [0.05, 0.1) is 6.61 Å². The third-order valence-corrected chi connectivity index (χ3v) is 6.25. The molecule has 1 nitrogen and oxygen atoms in total. The highest BCUT2D eigenvalue weighted by atomic mass is 79.9. The van der Waals surface area contributed by atoms with Crippen molar-refractivity contribution in [3.8, 4) is 5.75 Å². The molecule has 0 aliphatic carbocycles. The van der Waals surface area contributed by atoms with E-state index in [2.05, 4.69) is 66.8 Å². The van der Waals surface area contributed by atoms with Crippen LogP contribution in [0.25, 0.3) is 0 Å². The lowest BCUT2D eigenvalue weighted by Crippen LogP contribution is -2.23. The fourth-order valence-corrected chi connectivity index (χ4v) is 3.95. The highest BCUT2D eigenvalue weighted by molar-refractivity contribution is 9.10. The molecular weight excluding hydrogens is 412 g/mol. The lowest BCUT2D eigenvalue weighted by Gasteiger charge is -2.25. The maximum absolute atomic E-state index is 5.77. The van der Waals surface area contributed by atoms with Gasteiger partial charge in [-0.15, -0.1) is 0 Å². The maximum atomic E-state index is 5.77. The topological polar surface area (TPSA) is 9.23 Å². The van der Waals surface area contributed by atoms with Gasteiger partial charge < -0.3 is 4.74 Å². The third-order valence-electron chi connectivity index (χ3n) is 3.09. The van der Waals surface area contributed by atoms with Crippen LogP contribution in [0.1, 0.15) is 18.1 Å². The Hall–Kier alpha value is 0.460. The molecule has 1 aromatic rings. The van der Waals surface area contributed by atoms with Crippen molar-refractivity contribution >= 4 is 47.8 Å². The zero-order valence-electron chi connectivity index (χ0n) is 9.73. The zero-order chi connectivity index (χ0) is 12.5. The number of fused-ring (bicyclic) bond motifs is 1. The van der Waals surface area contributed by atoms with Gasteiger partial charge >= 0.3 is 0 Å². The van der Waals surface area contributed by atoms with Crippen molar-refractivity contribution in [1.82, 2.24) is 0 Å². The van der Waals surface area contributed by atoms with Gasteiger partial charge in [0.15, 0.2) is 0 Å². The van der Waals surface area contributed by atoms with Crippen molar-refractivity contribution < 1.29 is 4.74 Å². The second-order valence-electron chi connectivity index (χ2n) is 4.91. The summed E-state index contributed by atoms with van der Waals surface area (Å²) in [6, 6.07) is 4.36. The number of ether oxygens (including phenoxy) is 1. The minimum atomic E-state index is 0.223. The van der Waals surface area contributed by atoms with Crippen LogP contribution in [0, 0.1) is 5.41 Å². The van der Waals surface area contributed by atoms with Gasteiger partial charge in [0, 0.05) is 21.6 Å². The van der Waals surface area contributed by atoms with Crippen molar-refractivity contribution in [3.05, 3.63) is 27.7 Å². The molecule has 0 N–H and O–H groups in total. The lowest BCUT2D eigenvalue weighted by molar-refractivity contribution is 0.346. The monoisotopic (exact) mass is 424 g/mol. The van der Waals surface area contributed by atoms with E-state index < -0.39 is 0 Å². The normalized spacial score (nSPS) is 14.6. The molecule has 0 amide bonds. The number of hydrogen-bond donors (Lipinski definition) is 0. The van der Waals surface area contributed by atoms with E-state index in [1.165, 1.54) is 11.1 Å². The van der Waals surface area contributed by atoms with Crippen LogP contribution in [0.3, 0.4) is 0 Å². The maximum Gasteiger partial charge on any atom is 0.125 e. The number of rotatable bonds is 4. The first-order chi connectivity index (χ1) is 8.08. The quantitative estimate of drug-likeness (QED) is 0.633. The van der Waals surface area contributed by atoms with E-state index in [-0.39, 0.29) is 5.41 Å². The zero-order valence-corrected chi connectivity index (χ0v) is 14.5. The largest absolute Gasteiger partial charge is 0.493 e. The second-order valence-corrected chi connectivity index (χ2v) is 6.94. The Balaban J connectivity index is 2.33. The van der Waals surface area contributed by atoms with E-state index >= 15 is 0 Å². The Kier molecular flexibility index (Phi) is 4.59.